The molecule has 1 N–H and O–H groups in total. The van der Waals surface area contributed by atoms with Crippen molar-refractivity contribution in [2.75, 3.05) is 18.1 Å². The predicted octanol–water partition coefficient (Wildman–Crippen LogP) is 3.33. The number of hydrogen-bond donors (Lipinski definition) is 1. The second-order valence-electron chi connectivity index (χ2n) is 3.71. The molecule has 0 fully saturated rings. The zero-order valence-electron chi connectivity index (χ0n) is 11.0. The average molecular weight is 313 g/mol. The Morgan fingerprint density at radius 1 is 1.32 bits per heavy atom. The van der Waals surface area contributed by atoms with E-state index in [0.717, 1.165) is 39.1 Å². The minimum absolute atomic E-state index is 0.768. The molecule has 0 unspecified atom stereocenters. The molecule has 0 aliphatic rings. The molecular formula is C11H15N5S3. The van der Waals surface area contributed by atoms with Gasteiger partial charge in [-0.15, -0.1) is 0 Å². The summed E-state index contributed by atoms with van der Waals surface area (Å²) < 4.78 is 5.08. The first kappa shape index (κ1) is 14.5. The van der Waals surface area contributed by atoms with Crippen LogP contribution in [0.3, 0.4) is 0 Å². The van der Waals surface area contributed by atoms with Crippen LogP contribution in [0.2, 0.25) is 0 Å². The summed E-state index contributed by atoms with van der Waals surface area (Å²) in [6, 6.07) is 1.96. The molecule has 0 saturated heterocycles. The first-order valence-electron chi connectivity index (χ1n) is 5.86. The molecule has 0 amide bonds. The summed E-state index contributed by atoms with van der Waals surface area (Å²) in [7, 11) is 0. The highest BCUT2D eigenvalue weighted by atomic mass is 32.2. The Hall–Kier alpha value is -0.860. The van der Waals surface area contributed by atoms with E-state index in [-0.39, 0.29) is 0 Å². The second kappa shape index (κ2) is 7.06. The average Bonchev–Trinajstić information content (AvgIpc) is 2.81. The van der Waals surface area contributed by atoms with E-state index in [9.17, 15) is 0 Å². The molecule has 0 saturated carbocycles. The number of anilines is 1. The lowest BCUT2D eigenvalue weighted by Gasteiger charge is -2.07. The zero-order valence-corrected chi connectivity index (χ0v) is 13.5. The Balaban J connectivity index is 2.18. The normalized spacial score (nSPS) is 10.7. The van der Waals surface area contributed by atoms with Crippen LogP contribution in [0.4, 0.5) is 5.82 Å². The Kier molecular flexibility index (Phi) is 5.41. The summed E-state index contributed by atoms with van der Waals surface area (Å²) in [6.07, 6.45) is 3.04. The summed E-state index contributed by atoms with van der Waals surface area (Å²) in [5.41, 5.74) is 0. The van der Waals surface area contributed by atoms with Crippen LogP contribution >= 0.6 is 35.1 Å². The van der Waals surface area contributed by atoms with Gasteiger partial charge in [-0.05, 0) is 42.9 Å². The highest BCUT2D eigenvalue weighted by Gasteiger charge is 2.08. The molecule has 0 radical (unpaired) electrons. The molecule has 2 rings (SSSR count). The maximum Gasteiger partial charge on any atom is 0.190 e. The third kappa shape index (κ3) is 4.32. The number of hydrogen-bond acceptors (Lipinski definition) is 8. The van der Waals surface area contributed by atoms with Gasteiger partial charge in [0.25, 0.3) is 0 Å². The third-order valence-corrected chi connectivity index (χ3v) is 4.43. The predicted molar refractivity (Wildman–Crippen MR) is 81.4 cm³/mol. The van der Waals surface area contributed by atoms with Crippen LogP contribution in [0, 0.1) is 6.92 Å². The fourth-order valence-electron chi connectivity index (χ4n) is 1.30. The molecule has 0 atom stereocenters. The van der Waals surface area contributed by atoms with Crippen molar-refractivity contribution in [3.63, 3.8) is 0 Å². The molecule has 0 bridgehead atoms. The summed E-state index contributed by atoms with van der Waals surface area (Å²) in [5.74, 6) is 1.67. The smallest absolute Gasteiger partial charge is 0.190 e. The van der Waals surface area contributed by atoms with Gasteiger partial charge in [0.2, 0.25) is 0 Å². The van der Waals surface area contributed by atoms with Gasteiger partial charge in [-0.3, -0.25) is 0 Å². The van der Waals surface area contributed by atoms with Gasteiger partial charge in [-0.1, -0.05) is 18.7 Å². The molecule has 2 aromatic rings. The molecule has 19 heavy (non-hydrogen) atoms. The topological polar surface area (TPSA) is 63.6 Å². The van der Waals surface area contributed by atoms with E-state index in [0.29, 0.717) is 0 Å². The SMILES string of the molecule is CCCNc1cc(Sc2nc(C)ns2)nc(SC)n1. The summed E-state index contributed by atoms with van der Waals surface area (Å²) in [6.45, 7) is 4.93. The lowest BCUT2D eigenvalue weighted by atomic mass is 10.4. The van der Waals surface area contributed by atoms with Crippen LogP contribution < -0.4 is 5.32 Å². The van der Waals surface area contributed by atoms with Crippen LogP contribution in [-0.4, -0.2) is 32.1 Å². The van der Waals surface area contributed by atoms with Gasteiger partial charge in [0.05, 0.1) is 0 Å². The summed E-state index contributed by atoms with van der Waals surface area (Å²) >= 11 is 4.46. The van der Waals surface area contributed by atoms with Crippen LogP contribution in [0.15, 0.2) is 20.6 Å². The van der Waals surface area contributed by atoms with Crippen LogP contribution in [0.5, 0.6) is 0 Å². The third-order valence-electron chi connectivity index (χ3n) is 2.12. The summed E-state index contributed by atoms with van der Waals surface area (Å²) in [5, 5.41) is 4.96. The number of aryl methyl sites for hydroxylation is 1. The van der Waals surface area contributed by atoms with E-state index >= 15 is 0 Å². The fraction of sp³-hybridized carbons (Fsp3) is 0.455. The number of nitrogens with zero attached hydrogens (tertiary/aromatic N) is 4. The van der Waals surface area contributed by atoms with E-state index in [4.69, 9.17) is 0 Å². The Morgan fingerprint density at radius 2 is 2.16 bits per heavy atom. The molecule has 0 spiro atoms. The van der Waals surface area contributed by atoms with Gasteiger partial charge in [-0.2, -0.15) is 4.37 Å². The van der Waals surface area contributed by atoms with Crippen molar-refractivity contribution >= 4 is 40.9 Å². The lowest BCUT2D eigenvalue weighted by molar-refractivity contribution is 0.878. The van der Waals surface area contributed by atoms with Gasteiger partial charge < -0.3 is 5.32 Å². The maximum atomic E-state index is 4.48. The molecule has 0 aliphatic heterocycles. The van der Waals surface area contributed by atoms with Crippen molar-refractivity contribution in [2.24, 2.45) is 0 Å². The zero-order chi connectivity index (χ0) is 13.7. The van der Waals surface area contributed by atoms with Crippen molar-refractivity contribution in [3.05, 3.63) is 11.9 Å². The Morgan fingerprint density at radius 3 is 2.79 bits per heavy atom. The fourth-order valence-corrected chi connectivity index (χ4v) is 3.34. The molecule has 0 aromatic carbocycles. The minimum Gasteiger partial charge on any atom is -0.370 e. The summed E-state index contributed by atoms with van der Waals surface area (Å²) in [4.78, 5) is 13.2. The van der Waals surface area contributed by atoms with Gasteiger partial charge in [0, 0.05) is 12.6 Å². The van der Waals surface area contributed by atoms with Crippen molar-refractivity contribution in [3.8, 4) is 0 Å². The van der Waals surface area contributed by atoms with Crippen LogP contribution in [-0.2, 0) is 0 Å². The Bertz CT molecular complexity index is 543. The Labute approximate surface area is 125 Å². The van der Waals surface area contributed by atoms with Gasteiger partial charge in [-0.25, -0.2) is 15.0 Å². The number of rotatable bonds is 6. The quantitative estimate of drug-likeness (QED) is 0.498. The molecule has 0 aliphatic carbocycles. The molecule has 2 aromatic heterocycles. The van der Waals surface area contributed by atoms with Crippen molar-refractivity contribution in [1.82, 2.24) is 19.3 Å². The van der Waals surface area contributed by atoms with Gasteiger partial charge >= 0.3 is 0 Å². The highest BCUT2D eigenvalue weighted by Crippen LogP contribution is 2.29. The molecule has 5 nitrogen and oxygen atoms in total. The largest absolute Gasteiger partial charge is 0.370 e. The second-order valence-corrected chi connectivity index (χ2v) is 6.51. The van der Waals surface area contributed by atoms with E-state index in [1.807, 2.05) is 19.2 Å². The van der Waals surface area contributed by atoms with Gasteiger partial charge in [0.15, 0.2) is 9.50 Å². The van der Waals surface area contributed by atoms with Crippen molar-refractivity contribution in [2.45, 2.75) is 34.8 Å². The minimum atomic E-state index is 0.768. The van der Waals surface area contributed by atoms with E-state index < -0.39 is 0 Å². The highest BCUT2D eigenvalue weighted by molar-refractivity contribution is 8.01. The van der Waals surface area contributed by atoms with Gasteiger partial charge in [0.1, 0.15) is 16.7 Å². The van der Waals surface area contributed by atoms with Crippen molar-refractivity contribution < 1.29 is 0 Å². The van der Waals surface area contributed by atoms with Crippen molar-refractivity contribution in [1.29, 1.82) is 0 Å². The first-order valence-corrected chi connectivity index (χ1v) is 8.68. The monoisotopic (exact) mass is 313 g/mol. The van der Waals surface area contributed by atoms with E-state index in [2.05, 4.69) is 31.6 Å². The molecule has 102 valence electrons. The number of nitrogens with one attached hydrogen (secondary N) is 1. The molecule has 8 heteroatoms. The van der Waals surface area contributed by atoms with Crippen LogP contribution in [0.25, 0.3) is 0 Å². The number of aromatic nitrogens is 4. The maximum absolute atomic E-state index is 4.48. The molecule has 2 heterocycles. The van der Waals surface area contributed by atoms with E-state index in [1.54, 1.807) is 0 Å². The lowest BCUT2D eigenvalue weighted by Crippen LogP contribution is -2.03. The standard InChI is InChI=1S/C11H15N5S3/c1-4-5-12-8-6-9(15-10(14-8)17-3)18-11-13-7(2)16-19-11/h6H,4-5H2,1-3H3,(H,12,14,15). The van der Waals surface area contributed by atoms with E-state index in [1.165, 1.54) is 35.1 Å². The first-order chi connectivity index (χ1) is 9.21. The van der Waals surface area contributed by atoms with Crippen LogP contribution in [0.1, 0.15) is 19.2 Å². The number of thioether (sulfide) groups is 1. The molecular weight excluding hydrogens is 298 g/mol.